The molecule has 1 rings (SSSR count). The standard InChI is InChI=1S/C13H26N2O/c1-4-15(5-2)13(16)8-10-14-9-6-7-12(3)11-14/h12H,4-11H2,1-3H3. The van der Waals surface area contributed by atoms with Crippen molar-refractivity contribution >= 4 is 5.91 Å². The summed E-state index contributed by atoms with van der Waals surface area (Å²) in [5.74, 6) is 1.11. The zero-order chi connectivity index (χ0) is 12.0. The number of amides is 1. The lowest BCUT2D eigenvalue weighted by Gasteiger charge is -2.31. The summed E-state index contributed by atoms with van der Waals surface area (Å²) in [6.07, 6.45) is 3.33. The first-order valence-corrected chi connectivity index (χ1v) is 6.67. The molecule has 3 nitrogen and oxygen atoms in total. The fourth-order valence-electron chi connectivity index (χ4n) is 2.48. The molecule has 1 fully saturated rings. The van der Waals surface area contributed by atoms with Crippen LogP contribution in [0.4, 0.5) is 0 Å². The van der Waals surface area contributed by atoms with Crippen molar-refractivity contribution in [3.63, 3.8) is 0 Å². The van der Waals surface area contributed by atoms with Crippen molar-refractivity contribution in [2.75, 3.05) is 32.7 Å². The molecule has 1 atom stereocenters. The van der Waals surface area contributed by atoms with E-state index in [4.69, 9.17) is 0 Å². The Morgan fingerprint density at radius 3 is 2.62 bits per heavy atom. The summed E-state index contributed by atoms with van der Waals surface area (Å²) in [7, 11) is 0. The second-order valence-corrected chi connectivity index (χ2v) is 4.86. The first-order chi connectivity index (χ1) is 7.67. The molecule has 0 saturated carbocycles. The molecular formula is C13H26N2O. The smallest absolute Gasteiger partial charge is 0.223 e. The van der Waals surface area contributed by atoms with Gasteiger partial charge in [0.05, 0.1) is 0 Å². The summed E-state index contributed by atoms with van der Waals surface area (Å²) in [5, 5.41) is 0. The zero-order valence-corrected chi connectivity index (χ0v) is 11.0. The van der Waals surface area contributed by atoms with Crippen molar-refractivity contribution in [2.45, 2.75) is 40.0 Å². The Hall–Kier alpha value is -0.570. The van der Waals surface area contributed by atoms with Gasteiger partial charge < -0.3 is 9.80 Å². The minimum absolute atomic E-state index is 0.309. The number of nitrogens with zero attached hydrogens (tertiary/aromatic N) is 2. The molecule has 0 N–H and O–H groups in total. The van der Waals surface area contributed by atoms with Gasteiger partial charge in [-0.15, -0.1) is 0 Å². The van der Waals surface area contributed by atoms with Gasteiger partial charge in [0.1, 0.15) is 0 Å². The Morgan fingerprint density at radius 1 is 1.38 bits per heavy atom. The normalized spacial score (nSPS) is 22.1. The van der Waals surface area contributed by atoms with Gasteiger partial charge >= 0.3 is 0 Å². The van der Waals surface area contributed by atoms with Crippen LogP contribution in [0.5, 0.6) is 0 Å². The first-order valence-electron chi connectivity index (χ1n) is 6.67. The summed E-state index contributed by atoms with van der Waals surface area (Å²) in [5.41, 5.74) is 0. The van der Waals surface area contributed by atoms with Gasteiger partial charge in [0.15, 0.2) is 0 Å². The number of carbonyl (C=O) groups is 1. The predicted octanol–water partition coefficient (Wildman–Crippen LogP) is 1.98. The van der Waals surface area contributed by atoms with Gasteiger partial charge in [-0.1, -0.05) is 6.92 Å². The zero-order valence-electron chi connectivity index (χ0n) is 11.0. The molecule has 0 bridgehead atoms. The molecule has 1 heterocycles. The van der Waals surface area contributed by atoms with Gasteiger partial charge in [0.2, 0.25) is 5.91 Å². The van der Waals surface area contributed by atoms with Crippen molar-refractivity contribution < 1.29 is 4.79 Å². The largest absolute Gasteiger partial charge is 0.343 e. The Kier molecular flexibility index (Phi) is 5.81. The fourth-order valence-corrected chi connectivity index (χ4v) is 2.48. The second-order valence-electron chi connectivity index (χ2n) is 4.86. The fraction of sp³-hybridized carbons (Fsp3) is 0.923. The number of rotatable bonds is 5. The topological polar surface area (TPSA) is 23.6 Å². The SMILES string of the molecule is CCN(CC)C(=O)CCN1CCCC(C)C1. The number of hydrogen-bond donors (Lipinski definition) is 0. The molecule has 94 valence electrons. The van der Waals surface area contributed by atoms with E-state index < -0.39 is 0 Å². The monoisotopic (exact) mass is 226 g/mol. The Morgan fingerprint density at radius 2 is 2.06 bits per heavy atom. The molecule has 16 heavy (non-hydrogen) atoms. The minimum Gasteiger partial charge on any atom is -0.343 e. The van der Waals surface area contributed by atoms with Crippen molar-refractivity contribution in [1.82, 2.24) is 9.80 Å². The maximum Gasteiger partial charge on any atom is 0.223 e. The van der Waals surface area contributed by atoms with E-state index in [1.54, 1.807) is 0 Å². The Balaban J connectivity index is 2.25. The summed E-state index contributed by atoms with van der Waals surface area (Å²) in [6.45, 7) is 11.4. The summed E-state index contributed by atoms with van der Waals surface area (Å²) in [4.78, 5) is 16.2. The Bertz CT molecular complexity index is 214. The van der Waals surface area contributed by atoms with Crippen LogP contribution in [-0.2, 0) is 4.79 Å². The van der Waals surface area contributed by atoms with Gasteiger partial charge in [-0.2, -0.15) is 0 Å². The van der Waals surface area contributed by atoms with Crippen LogP contribution in [0, 0.1) is 5.92 Å². The van der Waals surface area contributed by atoms with Crippen LogP contribution < -0.4 is 0 Å². The van der Waals surface area contributed by atoms with E-state index >= 15 is 0 Å². The van der Waals surface area contributed by atoms with Crippen molar-refractivity contribution in [1.29, 1.82) is 0 Å². The number of piperidine rings is 1. The lowest BCUT2D eigenvalue weighted by atomic mass is 10.0. The summed E-state index contributed by atoms with van der Waals surface area (Å²) < 4.78 is 0. The van der Waals surface area contributed by atoms with Crippen molar-refractivity contribution in [3.05, 3.63) is 0 Å². The van der Waals surface area contributed by atoms with Crippen LogP contribution in [0.2, 0.25) is 0 Å². The highest BCUT2D eigenvalue weighted by Crippen LogP contribution is 2.15. The van der Waals surface area contributed by atoms with Gasteiger partial charge in [-0.3, -0.25) is 4.79 Å². The van der Waals surface area contributed by atoms with E-state index in [1.807, 2.05) is 18.7 Å². The molecular weight excluding hydrogens is 200 g/mol. The molecule has 1 amide bonds. The third-order valence-electron chi connectivity index (χ3n) is 3.50. The van der Waals surface area contributed by atoms with E-state index in [2.05, 4.69) is 11.8 Å². The molecule has 1 aliphatic rings. The van der Waals surface area contributed by atoms with Crippen LogP contribution in [0.1, 0.15) is 40.0 Å². The number of hydrogen-bond acceptors (Lipinski definition) is 2. The van der Waals surface area contributed by atoms with Crippen molar-refractivity contribution in [2.24, 2.45) is 5.92 Å². The molecule has 0 aromatic carbocycles. The highest BCUT2D eigenvalue weighted by molar-refractivity contribution is 5.76. The average Bonchev–Trinajstić information content (AvgIpc) is 2.28. The van der Waals surface area contributed by atoms with Crippen LogP contribution in [0.15, 0.2) is 0 Å². The van der Waals surface area contributed by atoms with Gasteiger partial charge in [-0.05, 0) is 39.2 Å². The highest BCUT2D eigenvalue weighted by Gasteiger charge is 2.17. The second kappa shape index (κ2) is 6.89. The maximum absolute atomic E-state index is 11.8. The van der Waals surface area contributed by atoms with E-state index in [9.17, 15) is 4.79 Å². The molecule has 0 aliphatic carbocycles. The number of carbonyl (C=O) groups excluding carboxylic acids is 1. The highest BCUT2D eigenvalue weighted by atomic mass is 16.2. The molecule has 1 saturated heterocycles. The van der Waals surface area contributed by atoms with Crippen LogP contribution in [-0.4, -0.2) is 48.4 Å². The minimum atomic E-state index is 0.309. The average molecular weight is 226 g/mol. The van der Waals surface area contributed by atoms with Crippen LogP contribution >= 0.6 is 0 Å². The van der Waals surface area contributed by atoms with Crippen LogP contribution in [0.3, 0.4) is 0 Å². The third kappa shape index (κ3) is 4.12. The van der Waals surface area contributed by atoms with Crippen LogP contribution in [0.25, 0.3) is 0 Å². The van der Waals surface area contributed by atoms with E-state index in [0.717, 1.165) is 25.6 Å². The lowest BCUT2D eigenvalue weighted by Crippen LogP contribution is -2.38. The van der Waals surface area contributed by atoms with E-state index in [0.29, 0.717) is 12.3 Å². The Labute approximate surface area is 99.8 Å². The van der Waals surface area contributed by atoms with E-state index in [1.165, 1.54) is 25.9 Å². The molecule has 0 aromatic rings. The molecule has 0 aromatic heterocycles. The first kappa shape index (κ1) is 13.5. The summed E-state index contributed by atoms with van der Waals surface area (Å²) in [6, 6.07) is 0. The third-order valence-corrected chi connectivity index (χ3v) is 3.50. The number of likely N-dealkylation sites (tertiary alicyclic amines) is 1. The van der Waals surface area contributed by atoms with Crippen molar-refractivity contribution in [3.8, 4) is 0 Å². The quantitative estimate of drug-likeness (QED) is 0.715. The van der Waals surface area contributed by atoms with E-state index in [-0.39, 0.29) is 0 Å². The van der Waals surface area contributed by atoms with Gasteiger partial charge in [0, 0.05) is 32.6 Å². The molecule has 1 unspecified atom stereocenters. The molecule has 0 spiro atoms. The molecule has 3 heteroatoms. The van der Waals surface area contributed by atoms with Gasteiger partial charge in [0.25, 0.3) is 0 Å². The van der Waals surface area contributed by atoms with Gasteiger partial charge in [-0.25, -0.2) is 0 Å². The predicted molar refractivity (Wildman–Crippen MR) is 67.4 cm³/mol. The molecule has 1 aliphatic heterocycles. The maximum atomic E-state index is 11.8. The molecule has 0 radical (unpaired) electrons. The lowest BCUT2D eigenvalue weighted by molar-refractivity contribution is -0.131. The summed E-state index contributed by atoms with van der Waals surface area (Å²) >= 11 is 0.